The Morgan fingerprint density at radius 1 is 1.33 bits per heavy atom. The van der Waals surface area contributed by atoms with Crippen LogP contribution in [0.4, 0.5) is 5.82 Å². The lowest BCUT2D eigenvalue weighted by molar-refractivity contribution is -0.136. The van der Waals surface area contributed by atoms with Gasteiger partial charge in [0, 0.05) is 38.9 Å². The lowest BCUT2D eigenvalue weighted by Crippen LogP contribution is -2.56. The summed E-state index contributed by atoms with van der Waals surface area (Å²) >= 11 is 0. The first kappa shape index (κ1) is 14.2. The molecule has 3 rings (SSSR count). The SMILES string of the molecule is O=C1CNCCN1CC1(O)CCN(c2ccncn2)CC1. The predicted molar refractivity (Wildman–Crippen MR) is 77.9 cm³/mol. The third-order valence-electron chi connectivity index (χ3n) is 4.26. The summed E-state index contributed by atoms with van der Waals surface area (Å²) in [6.07, 6.45) is 4.56. The molecular formula is C14H21N5O2. The second-order valence-electron chi connectivity index (χ2n) is 5.77. The largest absolute Gasteiger partial charge is 0.388 e. The van der Waals surface area contributed by atoms with Crippen LogP contribution in [0.3, 0.4) is 0 Å². The second kappa shape index (κ2) is 5.95. The number of piperidine rings is 1. The van der Waals surface area contributed by atoms with Crippen LogP contribution >= 0.6 is 0 Å². The van der Waals surface area contributed by atoms with Gasteiger partial charge in [0.1, 0.15) is 12.1 Å². The van der Waals surface area contributed by atoms with Gasteiger partial charge >= 0.3 is 0 Å². The molecule has 7 nitrogen and oxygen atoms in total. The molecule has 2 saturated heterocycles. The molecule has 1 aromatic heterocycles. The molecule has 21 heavy (non-hydrogen) atoms. The molecule has 2 fully saturated rings. The van der Waals surface area contributed by atoms with Gasteiger partial charge in [-0.1, -0.05) is 0 Å². The van der Waals surface area contributed by atoms with E-state index in [4.69, 9.17) is 0 Å². The summed E-state index contributed by atoms with van der Waals surface area (Å²) in [7, 11) is 0. The molecule has 0 spiro atoms. The topological polar surface area (TPSA) is 81.6 Å². The van der Waals surface area contributed by atoms with Gasteiger partial charge in [0.25, 0.3) is 0 Å². The molecule has 0 aliphatic carbocycles. The van der Waals surface area contributed by atoms with Crippen LogP contribution in [0.25, 0.3) is 0 Å². The maximum Gasteiger partial charge on any atom is 0.236 e. The third-order valence-corrected chi connectivity index (χ3v) is 4.26. The van der Waals surface area contributed by atoms with Crippen molar-refractivity contribution in [3.63, 3.8) is 0 Å². The van der Waals surface area contributed by atoms with Gasteiger partial charge in [-0.3, -0.25) is 4.79 Å². The van der Waals surface area contributed by atoms with Crippen LogP contribution in [-0.4, -0.2) is 70.8 Å². The van der Waals surface area contributed by atoms with Gasteiger partial charge in [0.15, 0.2) is 0 Å². The molecule has 1 aromatic rings. The number of nitrogens with zero attached hydrogens (tertiary/aromatic N) is 4. The van der Waals surface area contributed by atoms with E-state index in [1.54, 1.807) is 11.1 Å². The average molecular weight is 291 g/mol. The molecule has 2 aliphatic rings. The van der Waals surface area contributed by atoms with Crippen molar-refractivity contribution in [1.82, 2.24) is 20.2 Å². The minimum Gasteiger partial charge on any atom is -0.388 e. The highest BCUT2D eigenvalue weighted by Gasteiger charge is 2.36. The highest BCUT2D eigenvalue weighted by molar-refractivity contribution is 5.79. The maximum atomic E-state index is 11.8. The zero-order valence-electron chi connectivity index (χ0n) is 12.0. The molecule has 0 unspecified atom stereocenters. The standard InChI is InChI=1S/C14H21N5O2/c20-13-9-15-5-8-19(13)10-14(21)2-6-18(7-3-14)12-1-4-16-11-17-12/h1,4,11,15,21H,2-3,5-10H2. The van der Waals surface area contributed by atoms with Crippen molar-refractivity contribution < 1.29 is 9.90 Å². The molecule has 1 amide bonds. The lowest BCUT2D eigenvalue weighted by Gasteiger charge is -2.42. The van der Waals surface area contributed by atoms with Crippen LogP contribution in [0, 0.1) is 0 Å². The normalized spacial score (nSPS) is 22.4. The summed E-state index contributed by atoms with van der Waals surface area (Å²) in [4.78, 5) is 23.9. The fourth-order valence-corrected chi connectivity index (χ4v) is 2.95. The van der Waals surface area contributed by atoms with E-state index < -0.39 is 5.60 Å². The fourth-order valence-electron chi connectivity index (χ4n) is 2.95. The van der Waals surface area contributed by atoms with Crippen LogP contribution in [0.1, 0.15) is 12.8 Å². The van der Waals surface area contributed by atoms with Crippen molar-refractivity contribution >= 4 is 11.7 Å². The van der Waals surface area contributed by atoms with E-state index in [0.29, 0.717) is 32.5 Å². The number of carbonyl (C=O) groups excluding carboxylic acids is 1. The van der Waals surface area contributed by atoms with E-state index >= 15 is 0 Å². The van der Waals surface area contributed by atoms with Crippen LogP contribution in [0.2, 0.25) is 0 Å². The van der Waals surface area contributed by atoms with Gasteiger partial charge in [-0.2, -0.15) is 0 Å². The number of anilines is 1. The number of hydrogen-bond donors (Lipinski definition) is 2. The Kier molecular flexibility index (Phi) is 4.03. The van der Waals surface area contributed by atoms with E-state index in [1.165, 1.54) is 6.33 Å². The van der Waals surface area contributed by atoms with E-state index in [9.17, 15) is 9.90 Å². The van der Waals surface area contributed by atoms with Gasteiger partial charge in [-0.25, -0.2) is 9.97 Å². The summed E-state index contributed by atoms with van der Waals surface area (Å²) in [6.45, 7) is 3.78. The Hall–Kier alpha value is -1.73. The molecule has 114 valence electrons. The van der Waals surface area contributed by atoms with Crippen molar-refractivity contribution in [2.24, 2.45) is 0 Å². The van der Waals surface area contributed by atoms with E-state index in [2.05, 4.69) is 20.2 Å². The number of carbonyl (C=O) groups is 1. The van der Waals surface area contributed by atoms with E-state index in [0.717, 1.165) is 25.5 Å². The number of hydrogen-bond acceptors (Lipinski definition) is 6. The lowest BCUT2D eigenvalue weighted by atomic mass is 9.90. The fraction of sp³-hybridized carbons (Fsp3) is 0.643. The van der Waals surface area contributed by atoms with Crippen LogP contribution in [0.5, 0.6) is 0 Å². The third kappa shape index (κ3) is 3.30. The summed E-state index contributed by atoms with van der Waals surface area (Å²) in [5.74, 6) is 0.971. The summed E-state index contributed by atoms with van der Waals surface area (Å²) in [5.41, 5.74) is -0.781. The molecule has 3 heterocycles. The van der Waals surface area contributed by atoms with Gasteiger partial charge in [-0.05, 0) is 18.9 Å². The van der Waals surface area contributed by atoms with Crippen LogP contribution < -0.4 is 10.2 Å². The van der Waals surface area contributed by atoms with Gasteiger partial charge in [-0.15, -0.1) is 0 Å². The number of β-amino-alcohol motifs (C(OH)–C–C–N with tert-alkyl or cyclic N) is 1. The molecule has 0 bridgehead atoms. The highest BCUT2D eigenvalue weighted by atomic mass is 16.3. The number of nitrogens with one attached hydrogen (secondary N) is 1. The molecule has 0 radical (unpaired) electrons. The molecule has 7 heteroatoms. The Morgan fingerprint density at radius 2 is 2.14 bits per heavy atom. The van der Waals surface area contributed by atoms with Crippen LogP contribution in [-0.2, 0) is 4.79 Å². The summed E-state index contributed by atoms with van der Waals surface area (Å²) in [6, 6.07) is 1.88. The highest BCUT2D eigenvalue weighted by Crippen LogP contribution is 2.26. The van der Waals surface area contributed by atoms with Crippen molar-refractivity contribution in [2.45, 2.75) is 18.4 Å². The quantitative estimate of drug-likeness (QED) is 0.762. The minimum atomic E-state index is -0.781. The molecule has 0 aromatic carbocycles. The molecule has 0 saturated carbocycles. The smallest absolute Gasteiger partial charge is 0.236 e. The maximum absolute atomic E-state index is 11.8. The van der Waals surface area contributed by atoms with Crippen molar-refractivity contribution in [1.29, 1.82) is 0 Å². The molecule has 2 aliphatic heterocycles. The first-order chi connectivity index (χ1) is 10.2. The number of aliphatic hydroxyl groups is 1. The molecule has 2 N–H and O–H groups in total. The Bertz CT molecular complexity index is 487. The Labute approximate surface area is 124 Å². The van der Waals surface area contributed by atoms with E-state index in [-0.39, 0.29) is 5.91 Å². The molecular weight excluding hydrogens is 270 g/mol. The zero-order valence-corrected chi connectivity index (χ0v) is 12.0. The summed E-state index contributed by atoms with van der Waals surface area (Å²) in [5, 5.41) is 13.8. The Balaban J connectivity index is 1.57. The monoisotopic (exact) mass is 291 g/mol. The van der Waals surface area contributed by atoms with Crippen molar-refractivity contribution in [3.05, 3.63) is 18.6 Å². The minimum absolute atomic E-state index is 0.0768. The van der Waals surface area contributed by atoms with Gasteiger partial charge < -0.3 is 20.2 Å². The number of amides is 1. The second-order valence-corrected chi connectivity index (χ2v) is 5.77. The van der Waals surface area contributed by atoms with Crippen molar-refractivity contribution in [3.8, 4) is 0 Å². The van der Waals surface area contributed by atoms with Crippen LogP contribution in [0.15, 0.2) is 18.6 Å². The first-order valence-corrected chi connectivity index (χ1v) is 7.38. The number of rotatable bonds is 3. The zero-order chi connectivity index (χ0) is 14.7. The predicted octanol–water partition coefficient (Wildman–Crippen LogP) is -0.760. The van der Waals surface area contributed by atoms with Gasteiger partial charge in [0.2, 0.25) is 5.91 Å². The Morgan fingerprint density at radius 3 is 2.81 bits per heavy atom. The van der Waals surface area contributed by atoms with Gasteiger partial charge in [0.05, 0.1) is 12.1 Å². The number of piperazine rings is 1. The first-order valence-electron chi connectivity index (χ1n) is 7.38. The number of aromatic nitrogens is 2. The van der Waals surface area contributed by atoms with E-state index in [1.807, 2.05) is 6.07 Å². The van der Waals surface area contributed by atoms with Crippen molar-refractivity contribution in [2.75, 3.05) is 44.2 Å². The molecule has 0 atom stereocenters. The average Bonchev–Trinajstić information content (AvgIpc) is 2.51. The summed E-state index contributed by atoms with van der Waals surface area (Å²) < 4.78 is 0.